The Labute approximate surface area is 118 Å². The predicted octanol–water partition coefficient (Wildman–Crippen LogP) is 3.00. The van der Waals surface area contributed by atoms with Crippen molar-refractivity contribution in [1.29, 1.82) is 0 Å². The molecular formula is C13H18Cl2N2O. The summed E-state index contributed by atoms with van der Waals surface area (Å²) in [4.78, 5) is 11.5. The highest BCUT2D eigenvalue weighted by Crippen LogP contribution is 2.22. The molecule has 0 saturated heterocycles. The molecule has 0 spiro atoms. The number of amides is 1. The summed E-state index contributed by atoms with van der Waals surface area (Å²) in [7, 11) is 0. The maximum Gasteiger partial charge on any atom is 0.234 e. The van der Waals surface area contributed by atoms with Crippen molar-refractivity contribution in [3.05, 3.63) is 33.8 Å². The maximum atomic E-state index is 11.5. The van der Waals surface area contributed by atoms with Crippen molar-refractivity contribution in [2.24, 2.45) is 0 Å². The molecule has 0 fully saturated rings. The van der Waals surface area contributed by atoms with Gasteiger partial charge >= 0.3 is 0 Å². The van der Waals surface area contributed by atoms with Gasteiger partial charge in [0.1, 0.15) is 0 Å². The Morgan fingerprint density at radius 1 is 1.22 bits per heavy atom. The van der Waals surface area contributed by atoms with Gasteiger partial charge in [0.05, 0.1) is 16.6 Å². The molecule has 0 aliphatic rings. The van der Waals surface area contributed by atoms with Gasteiger partial charge in [0, 0.05) is 12.1 Å². The van der Waals surface area contributed by atoms with Gasteiger partial charge in [-0.25, -0.2) is 0 Å². The third kappa shape index (κ3) is 5.71. The monoisotopic (exact) mass is 288 g/mol. The van der Waals surface area contributed by atoms with E-state index in [1.807, 2.05) is 26.8 Å². The number of hydrogen-bond acceptors (Lipinski definition) is 2. The highest BCUT2D eigenvalue weighted by molar-refractivity contribution is 6.42. The average Bonchev–Trinajstić information content (AvgIpc) is 2.20. The van der Waals surface area contributed by atoms with Gasteiger partial charge in [-0.15, -0.1) is 0 Å². The third-order valence-corrected chi connectivity index (χ3v) is 2.85. The van der Waals surface area contributed by atoms with Crippen LogP contribution in [0, 0.1) is 0 Å². The molecule has 3 nitrogen and oxygen atoms in total. The summed E-state index contributed by atoms with van der Waals surface area (Å²) in [5.74, 6) is -0.0254. The number of hydrogen-bond donors (Lipinski definition) is 2. The Bertz CT molecular complexity index is 427. The Morgan fingerprint density at radius 2 is 1.89 bits per heavy atom. The van der Waals surface area contributed by atoms with E-state index in [2.05, 4.69) is 10.6 Å². The molecule has 1 amide bonds. The first-order valence-electron chi connectivity index (χ1n) is 5.73. The molecule has 0 aromatic heterocycles. The molecule has 0 bridgehead atoms. The highest BCUT2D eigenvalue weighted by atomic mass is 35.5. The molecule has 18 heavy (non-hydrogen) atoms. The molecule has 1 rings (SSSR count). The molecule has 1 aromatic rings. The summed E-state index contributed by atoms with van der Waals surface area (Å²) in [6.45, 7) is 6.70. The van der Waals surface area contributed by atoms with E-state index in [4.69, 9.17) is 23.2 Å². The van der Waals surface area contributed by atoms with Crippen molar-refractivity contribution < 1.29 is 4.79 Å². The number of benzene rings is 1. The normalized spacial score (nSPS) is 11.4. The first-order valence-corrected chi connectivity index (χ1v) is 6.49. The smallest absolute Gasteiger partial charge is 0.234 e. The zero-order chi connectivity index (χ0) is 13.8. The van der Waals surface area contributed by atoms with Crippen LogP contribution >= 0.6 is 23.2 Å². The Morgan fingerprint density at radius 3 is 2.44 bits per heavy atom. The topological polar surface area (TPSA) is 41.1 Å². The maximum absolute atomic E-state index is 11.5. The fourth-order valence-corrected chi connectivity index (χ4v) is 1.75. The molecule has 0 atom stereocenters. The van der Waals surface area contributed by atoms with Crippen molar-refractivity contribution in [3.8, 4) is 0 Å². The lowest BCUT2D eigenvalue weighted by molar-refractivity contribution is -0.121. The average molecular weight is 289 g/mol. The molecule has 0 radical (unpaired) electrons. The Hall–Kier alpha value is -0.770. The van der Waals surface area contributed by atoms with Crippen LogP contribution in [-0.4, -0.2) is 18.0 Å². The third-order valence-electron chi connectivity index (χ3n) is 2.11. The van der Waals surface area contributed by atoms with Gasteiger partial charge in [0.2, 0.25) is 5.91 Å². The molecule has 0 heterocycles. The van der Waals surface area contributed by atoms with Crippen LogP contribution in [-0.2, 0) is 11.3 Å². The van der Waals surface area contributed by atoms with Crippen LogP contribution in [0.4, 0.5) is 0 Å². The van der Waals surface area contributed by atoms with Crippen molar-refractivity contribution in [1.82, 2.24) is 10.6 Å². The molecule has 5 heteroatoms. The van der Waals surface area contributed by atoms with Gasteiger partial charge in [-0.05, 0) is 38.5 Å². The summed E-state index contributed by atoms with van der Waals surface area (Å²) >= 11 is 11.7. The second-order valence-corrected chi connectivity index (χ2v) is 5.96. The van der Waals surface area contributed by atoms with Crippen molar-refractivity contribution in [3.63, 3.8) is 0 Å². The van der Waals surface area contributed by atoms with E-state index in [9.17, 15) is 4.79 Å². The highest BCUT2D eigenvalue weighted by Gasteiger charge is 2.12. The van der Waals surface area contributed by atoms with E-state index in [1.165, 1.54) is 0 Å². The van der Waals surface area contributed by atoms with Crippen molar-refractivity contribution in [2.75, 3.05) is 6.54 Å². The number of carbonyl (C=O) groups excluding carboxylic acids is 1. The molecular weight excluding hydrogens is 271 g/mol. The van der Waals surface area contributed by atoms with Crippen LogP contribution < -0.4 is 10.6 Å². The van der Waals surface area contributed by atoms with E-state index >= 15 is 0 Å². The zero-order valence-corrected chi connectivity index (χ0v) is 12.3. The summed E-state index contributed by atoms with van der Waals surface area (Å²) in [6.07, 6.45) is 0. The fourth-order valence-electron chi connectivity index (χ4n) is 1.43. The minimum absolute atomic E-state index is 0.0254. The largest absolute Gasteiger partial charge is 0.350 e. The minimum Gasteiger partial charge on any atom is -0.350 e. The van der Waals surface area contributed by atoms with Gasteiger partial charge in [-0.3, -0.25) is 4.79 Å². The number of nitrogens with one attached hydrogen (secondary N) is 2. The van der Waals surface area contributed by atoms with E-state index in [1.54, 1.807) is 12.1 Å². The second kappa shape index (κ2) is 6.41. The van der Waals surface area contributed by atoms with Gasteiger partial charge in [0.15, 0.2) is 0 Å². The lowest BCUT2D eigenvalue weighted by atomic mass is 10.1. The molecule has 0 saturated carbocycles. The van der Waals surface area contributed by atoms with E-state index in [0.717, 1.165) is 5.56 Å². The first kappa shape index (κ1) is 15.3. The Kier molecular flexibility index (Phi) is 5.45. The van der Waals surface area contributed by atoms with Gasteiger partial charge < -0.3 is 10.6 Å². The first-order chi connectivity index (χ1) is 8.28. The summed E-state index contributed by atoms with van der Waals surface area (Å²) in [6, 6.07) is 5.41. The molecule has 0 unspecified atom stereocenters. The van der Waals surface area contributed by atoms with E-state index in [-0.39, 0.29) is 18.0 Å². The number of rotatable bonds is 4. The lowest BCUT2D eigenvalue weighted by Gasteiger charge is -2.20. The van der Waals surface area contributed by atoms with Crippen LogP contribution in [0.15, 0.2) is 18.2 Å². The SMILES string of the molecule is CC(C)(C)NC(=O)CNCc1ccc(Cl)c(Cl)c1. The molecule has 0 aliphatic carbocycles. The summed E-state index contributed by atoms with van der Waals surface area (Å²) < 4.78 is 0. The van der Waals surface area contributed by atoms with Crippen LogP contribution in [0.3, 0.4) is 0 Å². The van der Waals surface area contributed by atoms with E-state index < -0.39 is 0 Å². The predicted molar refractivity (Wildman–Crippen MR) is 76.1 cm³/mol. The summed E-state index contributed by atoms with van der Waals surface area (Å²) in [5.41, 5.74) is 0.787. The second-order valence-electron chi connectivity index (χ2n) is 5.15. The standard InChI is InChI=1S/C13H18Cl2N2O/c1-13(2,3)17-12(18)8-16-7-9-4-5-10(14)11(15)6-9/h4-6,16H,7-8H2,1-3H3,(H,17,18). The molecule has 1 aromatic carbocycles. The van der Waals surface area contributed by atoms with Gasteiger partial charge in [-0.2, -0.15) is 0 Å². The minimum atomic E-state index is -0.206. The summed E-state index contributed by atoms with van der Waals surface area (Å²) in [5, 5.41) is 6.99. The molecule has 100 valence electrons. The van der Waals surface area contributed by atoms with Crippen LogP contribution in [0.1, 0.15) is 26.3 Å². The number of carbonyl (C=O) groups is 1. The Balaban J connectivity index is 2.38. The van der Waals surface area contributed by atoms with Gasteiger partial charge in [0.25, 0.3) is 0 Å². The van der Waals surface area contributed by atoms with E-state index in [0.29, 0.717) is 16.6 Å². The van der Waals surface area contributed by atoms with Crippen molar-refractivity contribution in [2.45, 2.75) is 32.9 Å². The molecule has 2 N–H and O–H groups in total. The fraction of sp³-hybridized carbons (Fsp3) is 0.462. The van der Waals surface area contributed by atoms with Crippen LogP contribution in [0.25, 0.3) is 0 Å². The van der Waals surface area contributed by atoms with Gasteiger partial charge in [-0.1, -0.05) is 29.3 Å². The quantitative estimate of drug-likeness (QED) is 0.894. The molecule has 0 aliphatic heterocycles. The number of halogens is 2. The lowest BCUT2D eigenvalue weighted by Crippen LogP contribution is -2.44. The zero-order valence-electron chi connectivity index (χ0n) is 10.8. The van der Waals surface area contributed by atoms with Crippen LogP contribution in [0.2, 0.25) is 10.0 Å². The van der Waals surface area contributed by atoms with Crippen LogP contribution in [0.5, 0.6) is 0 Å². The van der Waals surface area contributed by atoms with Crippen molar-refractivity contribution >= 4 is 29.1 Å².